The van der Waals surface area contributed by atoms with E-state index in [1.54, 1.807) is 11.8 Å². The van der Waals surface area contributed by atoms with E-state index >= 15 is 0 Å². The molecule has 4 unspecified atom stereocenters. The van der Waals surface area contributed by atoms with Gasteiger partial charge in [0.2, 0.25) is 0 Å². The first-order valence-corrected chi connectivity index (χ1v) is 10.6. The fourth-order valence-electron chi connectivity index (χ4n) is 3.44. The van der Waals surface area contributed by atoms with Crippen LogP contribution in [0.4, 0.5) is 4.39 Å². The predicted molar refractivity (Wildman–Crippen MR) is 104 cm³/mol. The quantitative estimate of drug-likeness (QED) is 0.466. The fraction of sp³-hybridized carbons (Fsp3) is 0.650. The Bertz CT molecular complexity index is 568. The predicted octanol–water partition coefficient (Wildman–Crippen LogP) is 3.47. The second kappa shape index (κ2) is 11.5. The van der Waals surface area contributed by atoms with E-state index in [4.69, 9.17) is 9.84 Å². The second-order valence-electron chi connectivity index (χ2n) is 7.09. The van der Waals surface area contributed by atoms with Gasteiger partial charge in [0.25, 0.3) is 0 Å². The summed E-state index contributed by atoms with van der Waals surface area (Å²) >= 11 is 1.67. The molecule has 2 rings (SSSR count). The molecule has 0 saturated heterocycles. The third-order valence-corrected chi connectivity index (χ3v) is 6.50. The van der Waals surface area contributed by atoms with Crippen molar-refractivity contribution in [2.24, 2.45) is 5.92 Å². The van der Waals surface area contributed by atoms with Crippen molar-refractivity contribution < 1.29 is 29.2 Å². The summed E-state index contributed by atoms with van der Waals surface area (Å²) in [5, 5.41) is 29.3. The number of rotatable bonds is 12. The maximum absolute atomic E-state index is 12.9. The van der Waals surface area contributed by atoms with E-state index < -0.39 is 12.1 Å². The first-order chi connectivity index (χ1) is 13.0. The van der Waals surface area contributed by atoms with Crippen LogP contribution in [-0.4, -0.2) is 51.1 Å². The molecule has 7 heteroatoms. The molecule has 1 aliphatic carbocycles. The van der Waals surface area contributed by atoms with Crippen molar-refractivity contribution in [1.82, 2.24) is 0 Å². The smallest absolute Gasteiger partial charge is 0.303 e. The van der Waals surface area contributed by atoms with E-state index in [0.29, 0.717) is 23.2 Å². The Kier molecular flexibility index (Phi) is 9.38. The lowest BCUT2D eigenvalue weighted by Gasteiger charge is -2.23. The van der Waals surface area contributed by atoms with Crippen molar-refractivity contribution in [3.8, 4) is 5.75 Å². The summed E-state index contributed by atoms with van der Waals surface area (Å²) in [6.07, 6.45) is 4.31. The zero-order chi connectivity index (χ0) is 19.6. The molecule has 0 bridgehead atoms. The number of thioether (sulfide) groups is 1. The van der Waals surface area contributed by atoms with Crippen molar-refractivity contribution in [3.63, 3.8) is 0 Å². The van der Waals surface area contributed by atoms with Crippen LogP contribution in [-0.2, 0) is 4.79 Å². The third-order valence-electron chi connectivity index (χ3n) is 4.91. The van der Waals surface area contributed by atoms with Gasteiger partial charge in [-0.05, 0) is 55.9 Å². The summed E-state index contributed by atoms with van der Waals surface area (Å²) in [5.74, 6) is 0.156. The van der Waals surface area contributed by atoms with Crippen molar-refractivity contribution in [2.45, 2.75) is 62.4 Å². The maximum atomic E-state index is 12.9. The molecular formula is C20H29FO5S. The van der Waals surface area contributed by atoms with E-state index in [1.807, 2.05) is 0 Å². The zero-order valence-electron chi connectivity index (χ0n) is 15.4. The van der Waals surface area contributed by atoms with Gasteiger partial charge in [-0.1, -0.05) is 12.8 Å². The molecule has 1 fully saturated rings. The molecule has 27 heavy (non-hydrogen) atoms. The Hall–Kier alpha value is -1.31. The summed E-state index contributed by atoms with van der Waals surface area (Å²) in [6, 6.07) is 5.70. The van der Waals surface area contributed by atoms with Gasteiger partial charge in [0, 0.05) is 17.4 Å². The number of ether oxygens (including phenoxy) is 1. The van der Waals surface area contributed by atoms with E-state index in [2.05, 4.69) is 0 Å². The van der Waals surface area contributed by atoms with Gasteiger partial charge in [-0.15, -0.1) is 0 Å². The number of aliphatic carboxylic acids is 1. The average molecular weight is 401 g/mol. The highest BCUT2D eigenvalue weighted by atomic mass is 32.2. The normalized spacial score (nSPS) is 23.3. The molecule has 0 aromatic heterocycles. The minimum atomic E-state index is -0.763. The van der Waals surface area contributed by atoms with Crippen LogP contribution in [0.25, 0.3) is 0 Å². The molecule has 0 heterocycles. The Balaban J connectivity index is 1.66. The van der Waals surface area contributed by atoms with Crippen molar-refractivity contribution in [1.29, 1.82) is 0 Å². The zero-order valence-corrected chi connectivity index (χ0v) is 16.2. The summed E-state index contributed by atoms with van der Waals surface area (Å²) < 4.78 is 18.3. The van der Waals surface area contributed by atoms with Gasteiger partial charge in [-0.2, -0.15) is 11.8 Å². The summed E-state index contributed by atoms with van der Waals surface area (Å²) in [7, 11) is 0. The maximum Gasteiger partial charge on any atom is 0.303 e. The lowest BCUT2D eigenvalue weighted by Crippen LogP contribution is -2.25. The molecule has 0 amide bonds. The molecule has 1 aromatic rings. The minimum absolute atomic E-state index is 0.147. The molecule has 5 nitrogen and oxygen atoms in total. The second-order valence-corrected chi connectivity index (χ2v) is 8.36. The Morgan fingerprint density at radius 3 is 2.67 bits per heavy atom. The number of hydrogen-bond acceptors (Lipinski definition) is 5. The number of carbonyl (C=O) groups is 1. The first kappa shape index (κ1) is 22.0. The number of benzene rings is 1. The largest absolute Gasteiger partial charge is 0.491 e. The molecule has 152 valence electrons. The summed E-state index contributed by atoms with van der Waals surface area (Å²) in [4.78, 5) is 10.5. The van der Waals surface area contributed by atoms with Crippen LogP contribution < -0.4 is 4.74 Å². The summed E-state index contributed by atoms with van der Waals surface area (Å²) in [6.45, 7) is 0.147. The van der Waals surface area contributed by atoms with Crippen molar-refractivity contribution >= 4 is 17.7 Å². The van der Waals surface area contributed by atoms with Crippen molar-refractivity contribution in [2.75, 3.05) is 12.4 Å². The van der Waals surface area contributed by atoms with E-state index in [-0.39, 0.29) is 30.9 Å². The van der Waals surface area contributed by atoms with Crippen LogP contribution in [0, 0.1) is 11.7 Å². The fourth-order valence-corrected chi connectivity index (χ4v) is 4.87. The molecule has 0 radical (unpaired) electrons. The van der Waals surface area contributed by atoms with Gasteiger partial charge in [0.15, 0.2) is 0 Å². The average Bonchev–Trinajstić information content (AvgIpc) is 2.99. The Morgan fingerprint density at radius 2 is 1.96 bits per heavy atom. The highest BCUT2D eigenvalue weighted by Gasteiger charge is 2.34. The molecule has 4 atom stereocenters. The topological polar surface area (TPSA) is 87.0 Å². The number of unbranched alkanes of at least 4 members (excludes halogenated alkanes) is 2. The number of carboxylic acid groups (broad SMARTS) is 1. The van der Waals surface area contributed by atoms with Crippen LogP contribution in [0.15, 0.2) is 24.3 Å². The highest BCUT2D eigenvalue weighted by Crippen LogP contribution is 2.38. The number of halogens is 1. The van der Waals surface area contributed by atoms with E-state index in [9.17, 15) is 19.4 Å². The van der Waals surface area contributed by atoms with Crippen LogP contribution in [0.1, 0.15) is 44.9 Å². The minimum Gasteiger partial charge on any atom is -0.491 e. The standard InChI is InChI=1S/C20H29FO5S/c21-14-6-8-16(9-7-14)26-12-15(22)13-27-19-11-10-18(23)17(19)4-2-1-3-5-20(24)25/h6-9,15,17-19,22-23H,1-5,10-13H2,(H,24,25). The van der Waals surface area contributed by atoms with E-state index in [1.165, 1.54) is 24.3 Å². The van der Waals surface area contributed by atoms with Crippen LogP contribution in [0.2, 0.25) is 0 Å². The van der Waals surface area contributed by atoms with Gasteiger partial charge in [0.05, 0.1) is 12.2 Å². The number of hydrogen-bond donors (Lipinski definition) is 3. The molecular weight excluding hydrogens is 371 g/mol. The Labute approximate surface area is 163 Å². The summed E-state index contributed by atoms with van der Waals surface area (Å²) in [5.41, 5.74) is 0. The van der Waals surface area contributed by atoms with Gasteiger partial charge in [0.1, 0.15) is 18.2 Å². The molecule has 0 aliphatic heterocycles. The molecule has 0 spiro atoms. The van der Waals surface area contributed by atoms with Crippen molar-refractivity contribution in [3.05, 3.63) is 30.1 Å². The molecule has 3 N–H and O–H groups in total. The highest BCUT2D eigenvalue weighted by molar-refractivity contribution is 7.99. The number of aliphatic hydroxyl groups excluding tert-OH is 2. The lowest BCUT2D eigenvalue weighted by atomic mass is 9.97. The van der Waals surface area contributed by atoms with Gasteiger partial charge >= 0.3 is 5.97 Å². The third kappa shape index (κ3) is 8.07. The van der Waals surface area contributed by atoms with E-state index in [0.717, 1.165) is 32.1 Å². The molecule has 1 aromatic carbocycles. The van der Waals surface area contributed by atoms with Crippen LogP contribution in [0.5, 0.6) is 5.75 Å². The van der Waals surface area contributed by atoms with Crippen LogP contribution >= 0.6 is 11.8 Å². The molecule has 1 saturated carbocycles. The number of carboxylic acids is 1. The Morgan fingerprint density at radius 1 is 1.22 bits per heavy atom. The molecule has 1 aliphatic rings. The van der Waals surface area contributed by atoms with Gasteiger partial charge < -0.3 is 20.1 Å². The lowest BCUT2D eigenvalue weighted by molar-refractivity contribution is -0.137. The SMILES string of the molecule is O=C(O)CCCCCC1C(O)CCC1SCC(O)COc1ccc(F)cc1. The number of aliphatic hydroxyl groups is 2. The monoisotopic (exact) mass is 400 g/mol. The van der Waals surface area contributed by atoms with Crippen LogP contribution in [0.3, 0.4) is 0 Å². The first-order valence-electron chi connectivity index (χ1n) is 9.53. The van der Waals surface area contributed by atoms with Gasteiger partial charge in [-0.3, -0.25) is 4.79 Å². The van der Waals surface area contributed by atoms with Gasteiger partial charge in [-0.25, -0.2) is 4.39 Å².